The summed E-state index contributed by atoms with van der Waals surface area (Å²) in [5.41, 5.74) is 1.49. The lowest BCUT2D eigenvalue weighted by atomic mass is 10.0. The monoisotopic (exact) mass is 406 g/mol. The van der Waals surface area contributed by atoms with Crippen LogP contribution in [-0.4, -0.2) is 68.1 Å². The molecule has 0 saturated carbocycles. The highest BCUT2D eigenvalue weighted by atomic mass is 19.1. The van der Waals surface area contributed by atoms with Crippen molar-refractivity contribution in [1.82, 2.24) is 15.1 Å². The highest BCUT2D eigenvalue weighted by molar-refractivity contribution is 6.10. The van der Waals surface area contributed by atoms with Crippen molar-refractivity contribution < 1.29 is 18.4 Å². The van der Waals surface area contributed by atoms with Crippen molar-refractivity contribution in [3.63, 3.8) is 0 Å². The third-order valence-corrected chi connectivity index (χ3v) is 4.67. The fraction of sp³-hybridized carbons (Fsp3) is 0.476. The Balaban J connectivity index is 2.24. The summed E-state index contributed by atoms with van der Waals surface area (Å²) in [7, 11) is 5.15. The van der Waals surface area contributed by atoms with E-state index in [4.69, 9.17) is 0 Å². The van der Waals surface area contributed by atoms with Crippen LogP contribution in [0, 0.1) is 11.6 Å². The van der Waals surface area contributed by atoms with Crippen molar-refractivity contribution in [1.29, 1.82) is 0 Å². The van der Waals surface area contributed by atoms with Crippen molar-refractivity contribution in [2.75, 3.05) is 40.8 Å². The summed E-state index contributed by atoms with van der Waals surface area (Å²) in [6, 6.07) is 3.30. The maximum absolute atomic E-state index is 14.2. The molecular formula is C21H28F2N4O2. The summed E-state index contributed by atoms with van der Waals surface area (Å²) in [4.78, 5) is 32.3. The number of hydrogen-bond acceptors (Lipinski definition) is 4. The average Bonchev–Trinajstić information content (AvgIpc) is 3.07. The van der Waals surface area contributed by atoms with E-state index in [-0.39, 0.29) is 23.7 Å². The molecule has 6 nitrogen and oxygen atoms in total. The van der Waals surface area contributed by atoms with E-state index in [2.05, 4.69) is 22.1 Å². The first-order valence-electron chi connectivity index (χ1n) is 9.64. The number of halogens is 2. The van der Waals surface area contributed by atoms with Crippen LogP contribution in [0.3, 0.4) is 0 Å². The van der Waals surface area contributed by atoms with E-state index in [1.165, 1.54) is 17.0 Å². The normalized spacial score (nSPS) is 13.7. The van der Waals surface area contributed by atoms with E-state index in [0.29, 0.717) is 18.7 Å². The van der Waals surface area contributed by atoms with Crippen molar-refractivity contribution in [2.45, 2.75) is 26.2 Å². The van der Waals surface area contributed by atoms with Gasteiger partial charge in [0.05, 0.1) is 12.3 Å². The molecule has 0 radical (unpaired) electrons. The Bertz CT molecular complexity index is 834. The molecule has 2 rings (SSSR count). The van der Waals surface area contributed by atoms with Gasteiger partial charge in [-0.05, 0) is 37.7 Å². The smallest absolute Gasteiger partial charge is 0.270 e. The minimum absolute atomic E-state index is 0.149. The number of unbranched alkanes of at least 4 members (excludes halogenated alkanes) is 1. The molecule has 0 spiro atoms. The predicted octanol–water partition coefficient (Wildman–Crippen LogP) is 2.35. The number of carbonyl (C=O) groups is 2. The minimum Gasteiger partial charge on any atom is -0.347 e. The Morgan fingerprint density at radius 3 is 2.55 bits per heavy atom. The molecule has 0 saturated heterocycles. The van der Waals surface area contributed by atoms with Gasteiger partial charge in [-0.25, -0.2) is 13.8 Å². The molecular weight excluding hydrogens is 378 g/mol. The largest absolute Gasteiger partial charge is 0.347 e. The van der Waals surface area contributed by atoms with Gasteiger partial charge in [-0.15, -0.1) is 0 Å². The van der Waals surface area contributed by atoms with Crippen LogP contribution in [0.2, 0.25) is 0 Å². The van der Waals surface area contributed by atoms with Crippen LogP contribution in [0.4, 0.5) is 8.78 Å². The van der Waals surface area contributed by atoms with E-state index < -0.39 is 17.5 Å². The highest BCUT2D eigenvalue weighted by Gasteiger charge is 2.26. The number of benzene rings is 1. The van der Waals surface area contributed by atoms with Gasteiger partial charge in [0.2, 0.25) is 5.91 Å². The number of hydrogen-bond donors (Lipinski definition) is 1. The van der Waals surface area contributed by atoms with Crippen molar-refractivity contribution in [3.8, 4) is 0 Å². The zero-order chi connectivity index (χ0) is 21.6. The van der Waals surface area contributed by atoms with Gasteiger partial charge in [0.1, 0.15) is 17.3 Å². The van der Waals surface area contributed by atoms with E-state index >= 15 is 0 Å². The Hall–Kier alpha value is -2.61. The second-order valence-electron chi connectivity index (χ2n) is 7.37. The first-order valence-corrected chi connectivity index (χ1v) is 9.64. The van der Waals surface area contributed by atoms with Crippen molar-refractivity contribution in [2.24, 2.45) is 4.99 Å². The number of nitrogens with zero attached hydrogens (tertiary/aromatic N) is 3. The van der Waals surface area contributed by atoms with Crippen LogP contribution in [-0.2, 0) is 9.59 Å². The molecule has 8 heteroatoms. The standard InChI is InChI=1S/C21H28F2N4O2/c1-5-6-9-27(4)13-14-10-18(16-8-7-15(22)11-17(16)23)25-20(14)21(29)24-12-19(28)26(2)3/h7-8,11H,5-6,9-10,12-13H2,1-4H3,(H,24,29). The summed E-state index contributed by atoms with van der Waals surface area (Å²) in [5, 5.41) is 2.58. The summed E-state index contributed by atoms with van der Waals surface area (Å²) in [5.74, 6) is -2.10. The van der Waals surface area contributed by atoms with Gasteiger partial charge in [0.25, 0.3) is 5.91 Å². The van der Waals surface area contributed by atoms with Gasteiger partial charge < -0.3 is 15.1 Å². The third kappa shape index (κ3) is 6.19. The van der Waals surface area contributed by atoms with Gasteiger partial charge >= 0.3 is 0 Å². The molecule has 1 aliphatic heterocycles. The lowest BCUT2D eigenvalue weighted by Crippen LogP contribution is -2.37. The van der Waals surface area contributed by atoms with E-state index in [0.717, 1.165) is 31.0 Å². The summed E-state index contributed by atoms with van der Waals surface area (Å²) in [6.07, 6.45) is 2.36. The zero-order valence-electron chi connectivity index (χ0n) is 17.4. The Kier molecular flexibility index (Phi) is 8.01. The van der Waals surface area contributed by atoms with Crippen LogP contribution in [0.15, 0.2) is 34.5 Å². The van der Waals surface area contributed by atoms with Crippen molar-refractivity contribution in [3.05, 3.63) is 46.7 Å². The molecule has 1 aromatic rings. The molecule has 0 atom stereocenters. The molecule has 1 N–H and O–H groups in total. The van der Waals surface area contributed by atoms with Crippen LogP contribution in [0.5, 0.6) is 0 Å². The predicted molar refractivity (Wildman–Crippen MR) is 109 cm³/mol. The SMILES string of the molecule is CCCCN(C)CC1=C(C(=O)NCC(=O)N(C)C)N=C(c2ccc(F)cc2F)C1. The number of nitrogens with one attached hydrogen (secondary N) is 1. The molecule has 1 aliphatic rings. The van der Waals surface area contributed by atoms with Crippen LogP contribution < -0.4 is 5.32 Å². The van der Waals surface area contributed by atoms with Crippen molar-refractivity contribution >= 4 is 17.5 Å². The second-order valence-corrected chi connectivity index (χ2v) is 7.37. The average molecular weight is 406 g/mol. The number of aliphatic imine (C=N–C) groups is 1. The van der Waals surface area contributed by atoms with Gasteiger partial charge in [0.15, 0.2) is 0 Å². The first-order chi connectivity index (χ1) is 13.7. The minimum atomic E-state index is -0.716. The number of likely N-dealkylation sites (N-methyl/N-ethyl adjacent to an activating group) is 2. The zero-order valence-corrected chi connectivity index (χ0v) is 17.4. The Morgan fingerprint density at radius 2 is 1.93 bits per heavy atom. The van der Waals surface area contributed by atoms with Gasteiger partial charge in [-0.2, -0.15) is 0 Å². The maximum Gasteiger partial charge on any atom is 0.270 e. The Labute approximate surface area is 170 Å². The molecule has 0 aromatic heterocycles. The van der Waals surface area contributed by atoms with Crippen LogP contribution in [0.25, 0.3) is 0 Å². The molecule has 2 amide bonds. The highest BCUT2D eigenvalue weighted by Crippen LogP contribution is 2.26. The number of rotatable bonds is 9. The first kappa shape index (κ1) is 22.7. The molecule has 29 heavy (non-hydrogen) atoms. The fourth-order valence-electron chi connectivity index (χ4n) is 2.99. The topological polar surface area (TPSA) is 65.0 Å². The fourth-order valence-corrected chi connectivity index (χ4v) is 2.99. The molecule has 1 heterocycles. The van der Waals surface area contributed by atoms with E-state index in [1.807, 2.05) is 7.05 Å². The second kappa shape index (κ2) is 10.2. The lowest BCUT2D eigenvalue weighted by Gasteiger charge is -2.18. The maximum atomic E-state index is 14.2. The summed E-state index contributed by atoms with van der Waals surface area (Å²) >= 11 is 0. The van der Waals surface area contributed by atoms with Gasteiger partial charge in [0, 0.05) is 38.7 Å². The Morgan fingerprint density at radius 1 is 1.21 bits per heavy atom. The number of carbonyl (C=O) groups excluding carboxylic acids is 2. The molecule has 0 aliphatic carbocycles. The summed E-state index contributed by atoms with van der Waals surface area (Å²) in [6.45, 7) is 3.31. The molecule has 1 aromatic carbocycles. The van der Waals surface area contributed by atoms with Crippen LogP contribution in [0.1, 0.15) is 31.7 Å². The quantitative estimate of drug-likeness (QED) is 0.685. The van der Waals surface area contributed by atoms with E-state index in [1.54, 1.807) is 14.1 Å². The molecule has 158 valence electrons. The number of amides is 2. The summed E-state index contributed by atoms with van der Waals surface area (Å²) < 4.78 is 27.5. The third-order valence-electron chi connectivity index (χ3n) is 4.67. The molecule has 0 bridgehead atoms. The van der Waals surface area contributed by atoms with Crippen LogP contribution >= 0.6 is 0 Å². The van der Waals surface area contributed by atoms with Gasteiger partial charge in [-0.3, -0.25) is 9.59 Å². The van der Waals surface area contributed by atoms with Gasteiger partial charge in [-0.1, -0.05) is 13.3 Å². The molecule has 0 unspecified atom stereocenters. The molecule has 0 fully saturated rings. The lowest BCUT2D eigenvalue weighted by molar-refractivity contribution is -0.130. The van der Waals surface area contributed by atoms with E-state index in [9.17, 15) is 18.4 Å².